The molecule has 72 valence electrons. The van der Waals surface area contributed by atoms with Gasteiger partial charge >= 0.3 is 0 Å². The van der Waals surface area contributed by atoms with Crippen molar-refractivity contribution in [3.63, 3.8) is 0 Å². The van der Waals surface area contributed by atoms with E-state index in [0.29, 0.717) is 9.79 Å². The van der Waals surface area contributed by atoms with E-state index in [1.807, 2.05) is 25.1 Å². The molecule has 0 fully saturated rings. The molecule has 1 aromatic heterocycles. The molecule has 2 aromatic rings. The molecule has 0 aliphatic carbocycles. The van der Waals surface area contributed by atoms with Crippen LogP contribution in [0.1, 0.15) is 5.56 Å². The van der Waals surface area contributed by atoms with Gasteiger partial charge in [0, 0.05) is 0 Å². The van der Waals surface area contributed by atoms with Crippen molar-refractivity contribution in [1.29, 1.82) is 0 Å². The Labute approximate surface area is 90.5 Å². The number of aromatic nitrogens is 4. The van der Waals surface area contributed by atoms with Crippen molar-refractivity contribution >= 4 is 23.8 Å². The summed E-state index contributed by atoms with van der Waals surface area (Å²) in [5.74, 6) is 0. The summed E-state index contributed by atoms with van der Waals surface area (Å²) in [6.07, 6.45) is 0. The fourth-order valence-electron chi connectivity index (χ4n) is 1.16. The molecule has 1 heterocycles. The Morgan fingerprint density at radius 3 is 2.93 bits per heavy atom. The summed E-state index contributed by atoms with van der Waals surface area (Å²) in [6.45, 7) is 1.93. The zero-order chi connectivity index (χ0) is 10.1. The summed E-state index contributed by atoms with van der Waals surface area (Å²) in [6, 6.07) is 5.68. The van der Waals surface area contributed by atoms with Gasteiger partial charge in [-0.3, -0.25) is 0 Å². The van der Waals surface area contributed by atoms with Crippen molar-refractivity contribution in [3.8, 4) is 5.69 Å². The van der Waals surface area contributed by atoms with Crippen LogP contribution in [0.5, 0.6) is 0 Å². The van der Waals surface area contributed by atoms with E-state index in [9.17, 15) is 0 Å². The van der Waals surface area contributed by atoms with Crippen LogP contribution in [-0.2, 0) is 0 Å². The van der Waals surface area contributed by atoms with Crippen LogP contribution in [0.3, 0.4) is 0 Å². The molecule has 0 saturated heterocycles. The van der Waals surface area contributed by atoms with E-state index in [4.69, 9.17) is 23.8 Å². The van der Waals surface area contributed by atoms with Gasteiger partial charge in [-0.2, -0.15) is 5.21 Å². The van der Waals surface area contributed by atoms with Crippen LogP contribution in [0.4, 0.5) is 0 Å². The predicted molar refractivity (Wildman–Crippen MR) is 56.3 cm³/mol. The Morgan fingerprint density at radius 1 is 1.50 bits per heavy atom. The van der Waals surface area contributed by atoms with E-state index >= 15 is 0 Å². The van der Waals surface area contributed by atoms with E-state index in [-0.39, 0.29) is 0 Å². The topological polar surface area (TPSA) is 46.5 Å². The van der Waals surface area contributed by atoms with E-state index in [2.05, 4.69) is 15.5 Å². The van der Waals surface area contributed by atoms with Gasteiger partial charge in [-0.15, -0.1) is 0 Å². The number of benzene rings is 1. The third kappa shape index (κ3) is 1.44. The standard InChI is InChI=1S/C8H7ClN4S/c1-5-3-2-4-6(7(5)9)13-8(14)10-11-12-13/h2-4H,1H3,(H,10,12,14). The van der Waals surface area contributed by atoms with Gasteiger partial charge in [0.25, 0.3) is 0 Å². The molecule has 0 saturated carbocycles. The average molecular weight is 227 g/mol. The van der Waals surface area contributed by atoms with Crippen LogP contribution >= 0.6 is 23.8 Å². The molecule has 0 atom stereocenters. The molecule has 0 spiro atoms. The predicted octanol–water partition coefficient (Wildman–Crippen LogP) is 2.29. The lowest BCUT2D eigenvalue weighted by atomic mass is 10.2. The van der Waals surface area contributed by atoms with Gasteiger partial charge < -0.3 is 0 Å². The average Bonchev–Trinajstić information content (AvgIpc) is 2.57. The number of rotatable bonds is 1. The molecule has 0 bridgehead atoms. The summed E-state index contributed by atoms with van der Waals surface area (Å²) < 4.78 is 1.92. The highest BCUT2D eigenvalue weighted by Gasteiger charge is 2.06. The molecule has 0 aliphatic heterocycles. The normalized spacial score (nSPS) is 10.4. The van der Waals surface area contributed by atoms with Crippen molar-refractivity contribution < 1.29 is 0 Å². The minimum Gasteiger partial charge on any atom is -0.208 e. The largest absolute Gasteiger partial charge is 0.242 e. The molecule has 0 aliphatic rings. The van der Waals surface area contributed by atoms with Gasteiger partial charge in [0.15, 0.2) is 0 Å². The van der Waals surface area contributed by atoms with Crippen LogP contribution < -0.4 is 0 Å². The van der Waals surface area contributed by atoms with E-state index < -0.39 is 0 Å². The molecule has 0 unspecified atom stereocenters. The summed E-state index contributed by atoms with van der Waals surface area (Å²) >= 11 is 11.1. The Balaban J connectivity index is 2.69. The second-order valence-electron chi connectivity index (χ2n) is 2.83. The van der Waals surface area contributed by atoms with Crippen LogP contribution in [0.15, 0.2) is 18.2 Å². The van der Waals surface area contributed by atoms with Crippen LogP contribution in [-0.4, -0.2) is 20.2 Å². The van der Waals surface area contributed by atoms with Gasteiger partial charge in [0.2, 0.25) is 4.77 Å². The smallest absolute Gasteiger partial charge is 0.208 e. The number of aromatic amines is 1. The summed E-state index contributed by atoms with van der Waals surface area (Å²) in [5.41, 5.74) is 1.75. The molecular weight excluding hydrogens is 220 g/mol. The number of nitrogens with zero attached hydrogens (tertiary/aromatic N) is 3. The van der Waals surface area contributed by atoms with Crippen LogP contribution in [0.2, 0.25) is 5.02 Å². The first-order chi connectivity index (χ1) is 6.70. The first-order valence-electron chi connectivity index (χ1n) is 3.96. The van der Waals surface area contributed by atoms with E-state index in [1.165, 1.54) is 0 Å². The van der Waals surface area contributed by atoms with Crippen molar-refractivity contribution in [1.82, 2.24) is 20.2 Å². The molecule has 0 radical (unpaired) electrons. The molecule has 14 heavy (non-hydrogen) atoms. The molecule has 6 heteroatoms. The zero-order valence-corrected chi connectivity index (χ0v) is 8.93. The van der Waals surface area contributed by atoms with Gasteiger partial charge in [-0.1, -0.05) is 34.0 Å². The van der Waals surface area contributed by atoms with Crippen molar-refractivity contribution in [2.24, 2.45) is 0 Å². The van der Waals surface area contributed by atoms with E-state index in [0.717, 1.165) is 11.3 Å². The maximum atomic E-state index is 6.11. The summed E-state index contributed by atoms with van der Waals surface area (Å²) in [4.78, 5) is 0. The van der Waals surface area contributed by atoms with Gasteiger partial charge in [0.05, 0.1) is 10.7 Å². The second kappa shape index (κ2) is 3.51. The van der Waals surface area contributed by atoms with Gasteiger partial charge in [-0.25, -0.2) is 4.68 Å². The summed E-state index contributed by atoms with van der Waals surface area (Å²) in [5, 5.41) is 10.6. The van der Waals surface area contributed by atoms with Crippen LogP contribution in [0.25, 0.3) is 5.69 Å². The Hall–Kier alpha value is -1.20. The second-order valence-corrected chi connectivity index (χ2v) is 3.57. The minimum atomic E-state index is 0.359. The molecule has 1 N–H and O–H groups in total. The van der Waals surface area contributed by atoms with Crippen molar-refractivity contribution in [2.75, 3.05) is 0 Å². The fourth-order valence-corrected chi connectivity index (χ4v) is 1.55. The van der Waals surface area contributed by atoms with Gasteiger partial charge in [0.1, 0.15) is 0 Å². The number of nitrogens with one attached hydrogen (secondary N) is 1. The van der Waals surface area contributed by atoms with Gasteiger partial charge in [-0.05, 0) is 30.8 Å². The lowest BCUT2D eigenvalue weighted by Crippen LogP contribution is -1.98. The minimum absolute atomic E-state index is 0.359. The highest BCUT2D eigenvalue weighted by atomic mass is 35.5. The number of halogens is 1. The number of hydrogen-bond acceptors (Lipinski definition) is 3. The fraction of sp³-hybridized carbons (Fsp3) is 0.125. The van der Waals surface area contributed by atoms with Crippen LogP contribution in [0, 0.1) is 11.7 Å². The van der Waals surface area contributed by atoms with Crippen molar-refractivity contribution in [3.05, 3.63) is 33.6 Å². The van der Waals surface area contributed by atoms with E-state index in [1.54, 1.807) is 4.68 Å². The Kier molecular flexibility index (Phi) is 2.35. The lowest BCUT2D eigenvalue weighted by molar-refractivity contribution is 0.785. The van der Waals surface area contributed by atoms with Crippen molar-refractivity contribution in [2.45, 2.75) is 6.92 Å². The molecule has 4 nitrogen and oxygen atoms in total. The SMILES string of the molecule is Cc1cccc(-n2[nH]nnc2=S)c1Cl. The number of tetrazole rings is 1. The summed E-state index contributed by atoms with van der Waals surface area (Å²) in [7, 11) is 0. The lowest BCUT2D eigenvalue weighted by Gasteiger charge is -2.05. The Bertz CT molecular complexity index is 516. The molecule has 2 rings (SSSR count). The number of H-pyrrole nitrogens is 1. The quantitative estimate of drug-likeness (QED) is 0.759. The first-order valence-corrected chi connectivity index (χ1v) is 4.74. The monoisotopic (exact) mass is 226 g/mol. The number of hydrogen-bond donors (Lipinski definition) is 1. The Morgan fingerprint density at radius 2 is 2.29 bits per heavy atom. The maximum Gasteiger partial charge on any atom is 0.242 e. The third-order valence-corrected chi connectivity index (χ3v) is 2.64. The first kappa shape index (κ1) is 9.36. The number of aryl methyl sites for hydroxylation is 1. The highest BCUT2D eigenvalue weighted by molar-refractivity contribution is 7.71. The molecule has 0 amide bonds. The third-order valence-electron chi connectivity index (χ3n) is 1.88. The zero-order valence-electron chi connectivity index (χ0n) is 7.36. The highest BCUT2D eigenvalue weighted by Crippen LogP contribution is 2.22. The molecular formula is C8H7ClN4S. The molecule has 1 aromatic carbocycles. The maximum absolute atomic E-state index is 6.11.